The molecule has 0 aliphatic heterocycles. The first kappa shape index (κ1) is 19.2. The van der Waals surface area contributed by atoms with Gasteiger partial charge in [-0.25, -0.2) is 4.79 Å². The van der Waals surface area contributed by atoms with Crippen LogP contribution in [0.5, 0.6) is 11.5 Å². The topological polar surface area (TPSA) is 85.4 Å². The first-order valence-corrected chi connectivity index (χ1v) is 8.16. The van der Waals surface area contributed by atoms with Gasteiger partial charge in [0.05, 0.1) is 14.2 Å². The number of nitrogens with zero attached hydrogens (tertiary/aromatic N) is 2. The smallest absolute Gasteiger partial charge is 0.342 e. The van der Waals surface area contributed by atoms with Gasteiger partial charge in [-0.1, -0.05) is 0 Å². The molecule has 0 amide bonds. The van der Waals surface area contributed by atoms with Gasteiger partial charge >= 0.3 is 5.97 Å². The van der Waals surface area contributed by atoms with Crippen molar-refractivity contribution in [3.63, 3.8) is 0 Å². The number of carbonyl (C=O) groups is 1. The monoisotopic (exact) mass is 346 g/mol. The van der Waals surface area contributed by atoms with Gasteiger partial charge in [0.1, 0.15) is 23.7 Å². The Bertz CT molecular complexity index is 645. The summed E-state index contributed by atoms with van der Waals surface area (Å²) in [6.07, 6.45) is 0. The molecule has 0 fully saturated rings. The number of methoxy groups -OCH3 is 2. The maximum Gasteiger partial charge on any atom is 0.342 e. The molecule has 0 heterocycles. The van der Waals surface area contributed by atoms with Crippen LogP contribution < -0.4 is 9.47 Å². The second kappa shape index (κ2) is 8.14. The van der Waals surface area contributed by atoms with E-state index >= 15 is 0 Å². The summed E-state index contributed by atoms with van der Waals surface area (Å²) in [5.41, 5.74) is 0.213. The normalized spacial score (nSPS) is 11.6. The third kappa shape index (κ3) is 4.81. The average Bonchev–Trinajstić information content (AvgIpc) is 2.53. The quantitative estimate of drug-likeness (QED) is 0.641. The van der Waals surface area contributed by atoms with Gasteiger partial charge in [-0.2, -0.15) is 17.0 Å². The summed E-state index contributed by atoms with van der Waals surface area (Å²) < 4.78 is 41.1. The lowest BCUT2D eigenvalue weighted by atomic mass is 10.2. The molecule has 8 nitrogen and oxygen atoms in total. The van der Waals surface area contributed by atoms with Gasteiger partial charge in [0.15, 0.2) is 0 Å². The second-order valence-corrected chi connectivity index (χ2v) is 7.06. The zero-order chi connectivity index (χ0) is 17.6. The van der Waals surface area contributed by atoms with Crippen molar-refractivity contribution in [1.82, 2.24) is 8.61 Å². The Balaban J connectivity index is 2.71. The maximum absolute atomic E-state index is 12.1. The summed E-state index contributed by atoms with van der Waals surface area (Å²) in [6.45, 7) is -0.0404. The first-order chi connectivity index (χ1) is 10.7. The van der Waals surface area contributed by atoms with Gasteiger partial charge in [-0.05, 0) is 18.2 Å². The SMILES string of the molecule is COc1ccc(OC)c(C(=O)OCCN(C)S(=O)(=O)N(C)C)c1. The van der Waals surface area contributed by atoms with Crippen molar-refractivity contribution in [2.24, 2.45) is 0 Å². The molecule has 0 saturated carbocycles. The standard InChI is InChI=1S/C14H22N2O6S/c1-15(2)23(18,19)16(3)8-9-22-14(17)12-10-11(20-4)6-7-13(12)21-5/h6-7,10H,8-9H2,1-5H3. The summed E-state index contributed by atoms with van der Waals surface area (Å²) >= 11 is 0. The molecule has 0 aliphatic carbocycles. The molecule has 0 aliphatic rings. The van der Waals surface area contributed by atoms with Gasteiger partial charge < -0.3 is 14.2 Å². The molecule has 0 N–H and O–H groups in total. The maximum atomic E-state index is 12.1. The van der Waals surface area contributed by atoms with Crippen LogP contribution >= 0.6 is 0 Å². The van der Waals surface area contributed by atoms with E-state index in [-0.39, 0.29) is 18.7 Å². The van der Waals surface area contributed by atoms with Crippen molar-refractivity contribution in [3.8, 4) is 11.5 Å². The largest absolute Gasteiger partial charge is 0.497 e. The van der Waals surface area contributed by atoms with Crippen LogP contribution in [0.3, 0.4) is 0 Å². The van der Waals surface area contributed by atoms with Crippen LogP contribution in [0.4, 0.5) is 0 Å². The second-order valence-electron chi connectivity index (χ2n) is 4.81. The Kier molecular flexibility index (Phi) is 6.79. The molecule has 0 unspecified atom stereocenters. The van der Waals surface area contributed by atoms with Crippen LogP contribution in [0.15, 0.2) is 18.2 Å². The highest BCUT2D eigenvalue weighted by Gasteiger charge is 2.21. The first-order valence-electron chi connectivity index (χ1n) is 6.77. The molecule has 0 saturated heterocycles. The summed E-state index contributed by atoms with van der Waals surface area (Å²) in [7, 11) is 3.66. The van der Waals surface area contributed by atoms with E-state index in [1.807, 2.05) is 0 Å². The molecule has 9 heteroatoms. The van der Waals surface area contributed by atoms with E-state index in [1.54, 1.807) is 12.1 Å². The fourth-order valence-corrected chi connectivity index (χ4v) is 2.58. The van der Waals surface area contributed by atoms with E-state index in [2.05, 4.69) is 0 Å². The Morgan fingerprint density at radius 1 is 1.13 bits per heavy atom. The van der Waals surface area contributed by atoms with Crippen LogP contribution in [0.25, 0.3) is 0 Å². The van der Waals surface area contributed by atoms with E-state index in [0.29, 0.717) is 11.5 Å². The van der Waals surface area contributed by atoms with E-state index in [4.69, 9.17) is 14.2 Å². The molecule has 0 bridgehead atoms. The van der Waals surface area contributed by atoms with Gasteiger partial charge in [0.25, 0.3) is 10.2 Å². The van der Waals surface area contributed by atoms with Crippen LogP contribution in [-0.2, 0) is 14.9 Å². The molecule has 0 spiro atoms. The van der Waals surface area contributed by atoms with Crippen LogP contribution in [-0.4, -0.2) is 71.5 Å². The third-order valence-corrected chi connectivity index (χ3v) is 5.01. The average molecular weight is 346 g/mol. The molecule has 1 aromatic carbocycles. The van der Waals surface area contributed by atoms with Gasteiger partial charge in [0.2, 0.25) is 0 Å². The highest BCUT2D eigenvalue weighted by molar-refractivity contribution is 7.86. The lowest BCUT2D eigenvalue weighted by molar-refractivity contribution is 0.0489. The van der Waals surface area contributed by atoms with E-state index in [1.165, 1.54) is 41.4 Å². The molecule has 0 atom stereocenters. The molecule has 1 rings (SSSR count). The van der Waals surface area contributed by atoms with Crippen molar-refractivity contribution in [3.05, 3.63) is 23.8 Å². The summed E-state index contributed by atoms with van der Waals surface area (Å²) in [5, 5.41) is 0. The van der Waals surface area contributed by atoms with Gasteiger partial charge in [0, 0.05) is 27.7 Å². The van der Waals surface area contributed by atoms with E-state index in [0.717, 1.165) is 8.61 Å². The third-order valence-electron chi connectivity index (χ3n) is 3.12. The number of rotatable bonds is 8. The summed E-state index contributed by atoms with van der Waals surface area (Å²) in [4.78, 5) is 12.1. The molecule has 0 radical (unpaired) electrons. The van der Waals surface area contributed by atoms with Crippen molar-refractivity contribution in [2.45, 2.75) is 0 Å². The Labute approximate surface area is 136 Å². The zero-order valence-electron chi connectivity index (χ0n) is 13.9. The predicted molar refractivity (Wildman–Crippen MR) is 85.1 cm³/mol. The number of likely N-dealkylation sites (N-methyl/N-ethyl adjacent to an activating group) is 1. The van der Waals surface area contributed by atoms with Crippen LogP contribution in [0.1, 0.15) is 10.4 Å². The minimum absolute atomic E-state index is 0.0402. The number of hydrogen-bond donors (Lipinski definition) is 0. The Morgan fingerprint density at radius 3 is 2.30 bits per heavy atom. The number of hydrogen-bond acceptors (Lipinski definition) is 6. The number of benzene rings is 1. The van der Waals surface area contributed by atoms with Gasteiger partial charge in [-0.3, -0.25) is 0 Å². The number of ether oxygens (including phenoxy) is 3. The lowest BCUT2D eigenvalue weighted by Crippen LogP contribution is -2.39. The number of esters is 1. The van der Waals surface area contributed by atoms with Crippen molar-refractivity contribution < 1.29 is 27.4 Å². The van der Waals surface area contributed by atoms with Crippen LogP contribution in [0.2, 0.25) is 0 Å². The molecular weight excluding hydrogens is 324 g/mol. The predicted octanol–water partition coefficient (Wildman–Crippen LogP) is 0.599. The fraction of sp³-hybridized carbons (Fsp3) is 0.500. The highest BCUT2D eigenvalue weighted by Crippen LogP contribution is 2.24. The van der Waals surface area contributed by atoms with Crippen molar-refractivity contribution in [1.29, 1.82) is 0 Å². The molecule has 130 valence electrons. The number of carbonyl (C=O) groups excluding carboxylic acids is 1. The van der Waals surface area contributed by atoms with E-state index in [9.17, 15) is 13.2 Å². The zero-order valence-corrected chi connectivity index (χ0v) is 14.7. The van der Waals surface area contributed by atoms with Crippen molar-refractivity contribution in [2.75, 3.05) is 48.5 Å². The molecule has 23 heavy (non-hydrogen) atoms. The van der Waals surface area contributed by atoms with Crippen LogP contribution in [0, 0.1) is 0 Å². The Hall–Kier alpha value is -1.84. The van der Waals surface area contributed by atoms with Gasteiger partial charge in [-0.15, -0.1) is 0 Å². The fourth-order valence-electron chi connectivity index (χ4n) is 1.71. The summed E-state index contributed by atoms with van der Waals surface area (Å²) in [6, 6.07) is 4.76. The summed E-state index contributed by atoms with van der Waals surface area (Å²) in [5.74, 6) is 0.228. The molecule has 1 aromatic rings. The van der Waals surface area contributed by atoms with Crippen molar-refractivity contribution >= 4 is 16.2 Å². The minimum Gasteiger partial charge on any atom is -0.497 e. The lowest BCUT2D eigenvalue weighted by Gasteiger charge is -2.21. The Morgan fingerprint density at radius 2 is 1.78 bits per heavy atom. The highest BCUT2D eigenvalue weighted by atomic mass is 32.2. The minimum atomic E-state index is -3.53. The molecule has 0 aromatic heterocycles. The van der Waals surface area contributed by atoms with E-state index < -0.39 is 16.2 Å². The molecular formula is C14H22N2O6S.